The van der Waals surface area contributed by atoms with E-state index in [0.717, 1.165) is 43.9 Å². The van der Waals surface area contributed by atoms with Crippen molar-refractivity contribution in [3.63, 3.8) is 0 Å². The summed E-state index contributed by atoms with van der Waals surface area (Å²) in [5, 5.41) is 16.7. The van der Waals surface area contributed by atoms with Crippen LogP contribution in [0.2, 0.25) is 0 Å². The smallest absolute Gasteiger partial charge is 0.133 e. The zero-order chi connectivity index (χ0) is 14.2. The van der Waals surface area contributed by atoms with Crippen molar-refractivity contribution >= 4 is 28.4 Å². The number of aliphatic hydroxyl groups is 1. The molecule has 1 saturated carbocycles. The third-order valence-electron chi connectivity index (χ3n) is 3.90. The van der Waals surface area contributed by atoms with Crippen molar-refractivity contribution in [3.8, 4) is 0 Å². The molecule has 3 N–H and O–H groups in total. The normalized spacial score (nSPS) is 33.5. The van der Waals surface area contributed by atoms with E-state index in [1.807, 2.05) is 19.2 Å². The fraction of sp³-hybridized carbons (Fsp3) is 0.643. The summed E-state index contributed by atoms with van der Waals surface area (Å²) in [6, 6.07) is 2.31. The average Bonchev–Trinajstić information content (AvgIpc) is 2.38. The Morgan fingerprint density at radius 2 is 2.35 bits per heavy atom. The molecular formula is C14H20IN3O2. The van der Waals surface area contributed by atoms with Crippen molar-refractivity contribution in [1.29, 1.82) is 0 Å². The molecule has 2 fully saturated rings. The number of anilines is 1. The number of ether oxygens (including phenoxy) is 1. The molecule has 2 heterocycles. The molecule has 0 spiro atoms. The van der Waals surface area contributed by atoms with E-state index in [0.29, 0.717) is 6.04 Å². The number of nitrogens with zero attached hydrogens (tertiary/aromatic N) is 1. The first-order valence-corrected chi connectivity index (χ1v) is 8.09. The van der Waals surface area contributed by atoms with Crippen molar-refractivity contribution in [1.82, 2.24) is 10.3 Å². The lowest BCUT2D eigenvalue weighted by atomic mass is 9.77. The monoisotopic (exact) mass is 389 g/mol. The van der Waals surface area contributed by atoms with Gasteiger partial charge in [-0.25, -0.2) is 4.98 Å². The first-order valence-electron chi connectivity index (χ1n) is 7.01. The molecule has 20 heavy (non-hydrogen) atoms. The van der Waals surface area contributed by atoms with Gasteiger partial charge < -0.3 is 20.5 Å². The number of hydrogen-bond donors (Lipinski definition) is 3. The van der Waals surface area contributed by atoms with Crippen molar-refractivity contribution < 1.29 is 9.84 Å². The Kier molecular flexibility index (Phi) is 4.16. The van der Waals surface area contributed by atoms with Crippen LogP contribution < -0.4 is 10.6 Å². The first kappa shape index (κ1) is 14.5. The highest BCUT2D eigenvalue weighted by atomic mass is 127. The van der Waals surface area contributed by atoms with E-state index < -0.39 is 5.60 Å². The Labute approximate surface area is 132 Å². The van der Waals surface area contributed by atoms with Gasteiger partial charge in [-0.2, -0.15) is 0 Å². The van der Waals surface area contributed by atoms with E-state index in [4.69, 9.17) is 4.74 Å². The minimum Gasteiger partial charge on any atom is -0.390 e. The Balaban J connectivity index is 1.78. The van der Waals surface area contributed by atoms with Gasteiger partial charge in [-0.05, 0) is 48.4 Å². The minimum absolute atomic E-state index is 0.0486. The van der Waals surface area contributed by atoms with Crippen LogP contribution in [0.4, 0.5) is 5.82 Å². The molecule has 0 bridgehead atoms. The summed E-state index contributed by atoms with van der Waals surface area (Å²) in [5.41, 5.74) is 0.606. The quantitative estimate of drug-likeness (QED) is 0.687. The lowest BCUT2D eigenvalue weighted by Gasteiger charge is -2.42. The number of aromatic nitrogens is 1. The average molecular weight is 389 g/mol. The standard InChI is InChI=1S/C14H20IN3O2/c1-14(19)6-9(7-14)18-13-12(10(15)2-3-17-13)11-8-16-4-5-20-11/h2-3,9,11,16,19H,4-8H2,1H3,(H,17,18). The second-order valence-corrected chi connectivity index (χ2v) is 7.03. The van der Waals surface area contributed by atoms with E-state index in [1.165, 1.54) is 3.57 Å². The number of morpholine rings is 1. The van der Waals surface area contributed by atoms with E-state index in [-0.39, 0.29) is 6.10 Å². The maximum absolute atomic E-state index is 9.84. The van der Waals surface area contributed by atoms with E-state index in [2.05, 4.69) is 38.2 Å². The molecule has 0 radical (unpaired) electrons. The number of rotatable bonds is 3. The summed E-state index contributed by atoms with van der Waals surface area (Å²) in [6.45, 7) is 4.33. The third-order valence-corrected chi connectivity index (χ3v) is 4.84. The molecule has 1 saturated heterocycles. The molecule has 5 nitrogen and oxygen atoms in total. The molecule has 110 valence electrons. The Bertz CT molecular complexity index is 481. The molecule has 6 heteroatoms. The van der Waals surface area contributed by atoms with Crippen molar-refractivity contribution in [2.45, 2.75) is 37.5 Å². The Hall–Kier alpha value is -0.440. The fourth-order valence-corrected chi connectivity index (χ4v) is 3.68. The highest BCUT2D eigenvalue weighted by Crippen LogP contribution is 2.36. The third kappa shape index (κ3) is 3.08. The van der Waals surface area contributed by atoms with Crippen molar-refractivity contribution in [2.24, 2.45) is 0 Å². The van der Waals surface area contributed by atoms with Gasteiger partial charge in [0.25, 0.3) is 0 Å². The SMILES string of the molecule is CC1(O)CC(Nc2nccc(I)c2C2CNCCO2)C1. The summed E-state index contributed by atoms with van der Waals surface area (Å²) >= 11 is 2.33. The molecule has 1 aliphatic carbocycles. The molecule has 2 aliphatic rings. The first-order chi connectivity index (χ1) is 9.55. The highest BCUT2D eigenvalue weighted by Gasteiger charge is 2.39. The predicted octanol–water partition coefficient (Wildman–Crippen LogP) is 1.67. The van der Waals surface area contributed by atoms with E-state index >= 15 is 0 Å². The number of pyridine rings is 1. The van der Waals surface area contributed by atoms with Gasteiger partial charge in [0.2, 0.25) is 0 Å². The van der Waals surface area contributed by atoms with Crippen molar-refractivity contribution in [3.05, 3.63) is 21.4 Å². The van der Waals surface area contributed by atoms with E-state index in [1.54, 1.807) is 0 Å². The van der Waals surface area contributed by atoms with Gasteiger partial charge in [0.1, 0.15) is 5.82 Å². The van der Waals surface area contributed by atoms with Crippen LogP contribution in [-0.4, -0.2) is 41.4 Å². The van der Waals surface area contributed by atoms with Crippen LogP contribution in [0.25, 0.3) is 0 Å². The van der Waals surface area contributed by atoms with Crippen LogP contribution in [0.3, 0.4) is 0 Å². The second-order valence-electron chi connectivity index (χ2n) is 5.87. The van der Waals surface area contributed by atoms with Crippen molar-refractivity contribution in [2.75, 3.05) is 25.0 Å². The molecule has 1 aromatic heterocycles. The summed E-state index contributed by atoms with van der Waals surface area (Å²) in [6.07, 6.45) is 3.40. The lowest BCUT2D eigenvalue weighted by Crippen LogP contribution is -2.48. The van der Waals surface area contributed by atoms with Gasteiger partial charge in [0.15, 0.2) is 0 Å². The molecule has 1 atom stereocenters. The number of nitrogens with one attached hydrogen (secondary N) is 2. The summed E-state index contributed by atoms with van der Waals surface area (Å²) < 4.78 is 7.03. The van der Waals surface area contributed by atoms with Crippen LogP contribution in [-0.2, 0) is 4.74 Å². The van der Waals surface area contributed by atoms with Gasteiger partial charge in [-0.15, -0.1) is 0 Å². The van der Waals surface area contributed by atoms with Crippen LogP contribution in [0, 0.1) is 3.57 Å². The largest absolute Gasteiger partial charge is 0.390 e. The zero-order valence-corrected chi connectivity index (χ0v) is 13.7. The van der Waals surface area contributed by atoms with E-state index in [9.17, 15) is 5.11 Å². The Morgan fingerprint density at radius 3 is 3.00 bits per heavy atom. The second kappa shape index (κ2) is 5.75. The summed E-state index contributed by atoms with van der Waals surface area (Å²) in [7, 11) is 0. The molecule has 1 aliphatic heterocycles. The van der Waals surface area contributed by atoms with Gasteiger partial charge in [0, 0.05) is 34.5 Å². The topological polar surface area (TPSA) is 66.4 Å². The summed E-state index contributed by atoms with van der Waals surface area (Å²) in [5.74, 6) is 0.895. The summed E-state index contributed by atoms with van der Waals surface area (Å²) in [4.78, 5) is 4.48. The molecule has 1 unspecified atom stereocenters. The van der Waals surface area contributed by atoms with Crippen LogP contribution in [0.1, 0.15) is 31.4 Å². The van der Waals surface area contributed by atoms with Gasteiger partial charge in [-0.3, -0.25) is 0 Å². The van der Waals surface area contributed by atoms with Crippen LogP contribution in [0.5, 0.6) is 0 Å². The van der Waals surface area contributed by atoms with Gasteiger partial charge in [-0.1, -0.05) is 0 Å². The van der Waals surface area contributed by atoms with Gasteiger partial charge >= 0.3 is 0 Å². The maximum atomic E-state index is 9.84. The zero-order valence-electron chi connectivity index (χ0n) is 11.5. The molecule has 0 aromatic carbocycles. The fourth-order valence-electron chi connectivity index (χ4n) is 2.92. The molecule has 3 rings (SSSR count). The molecular weight excluding hydrogens is 369 g/mol. The number of hydrogen-bond acceptors (Lipinski definition) is 5. The Morgan fingerprint density at radius 1 is 1.55 bits per heavy atom. The molecule has 0 amide bonds. The lowest BCUT2D eigenvalue weighted by molar-refractivity contribution is -0.0236. The minimum atomic E-state index is -0.525. The predicted molar refractivity (Wildman–Crippen MR) is 85.8 cm³/mol. The highest BCUT2D eigenvalue weighted by molar-refractivity contribution is 14.1. The molecule has 1 aromatic rings. The van der Waals surface area contributed by atoms with Crippen LogP contribution >= 0.6 is 22.6 Å². The maximum Gasteiger partial charge on any atom is 0.133 e. The number of halogens is 1. The van der Waals surface area contributed by atoms with Crippen LogP contribution in [0.15, 0.2) is 12.3 Å². The van der Waals surface area contributed by atoms with Gasteiger partial charge in [0.05, 0.1) is 18.3 Å².